The highest BCUT2D eigenvalue weighted by Gasteiger charge is 2.45. The molecule has 92 valence electrons. The summed E-state index contributed by atoms with van der Waals surface area (Å²) in [5.41, 5.74) is 17.8. The first-order chi connectivity index (χ1) is 7.63. The Kier molecular flexibility index (Phi) is 2.56. The Balaban J connectivity index is 1.83. The molecule has 3 heterocycles. The molecule has 0 amide bonds. The fourth-order valence-electron chi connectivity index (χ4n) is 2.39. The zero-order valence-corrected chi connectivity index (χ0v) is 8.72. The average molecular weight is 230 g/mol. The fraction of sp³-hybridized carbons (Fsp3) is 1.00. The molecule has 5 unspecified atom stereocenters. The van der Waals surface area contributed by atoms with E-state index in [1.807, 2.05) is 0 Å². The summed E-state index contributed by atoms with van der Waals surface area (Å²) in [5, 5.41) is 10.8. The highest BCUT2D eigenvalue weighted by atomic mass is 15.9. The normalized spacial score (nSPS) is 50.1. The van der Waals surface area contributed by atoms with Gasteiger partial charge in [-0.25, -0.2) is 16.2 Å². The molecule has 0 bridgehead atoms. The Labute approximate surface area is 92.7 Å². The van der Waals surface area contributed by atoms with Gasteiger partial charge in [0.15, 0.2) is 0 Å². The first-order valence-electron chi connectivity index (χ1n) is 5.27. The molecule has 3 saturated heterocycles. The van der Waals surface area contributed by atoms with E-state index in [0.717, 1.165) is 6.42 Å². The number of rotatable bonds is 0. The first kappa shape index (κ1) is 10.7. The third-order valence-electron chi connectivity index (χ3n) is 3.03. The molecule has 3 aliphatic rings. The van der Waals surface area contributed by atoms with Gasteiger partial charge in [0.05, 0.1) is 12.3 Å². The minimum atomic E-state index is -0.316. The summed E-state index contributed by atoms with van der Waals surface area (Å²) in [4.78, 5) is 2.12. The van der Waals surface area contributed by atoms with Crippen LogP contribution in [0.1, 0.15) is 6.42 Å². The van der Waals surface area contributed by atoms with Gasteiger partial charge >= 0.3 is 0 Å². The van der Waals surface area contributed by atoms with Gasteiger partial charge in [-0.1, -0.05) is 0 Å². The second kappa shape index (κ2) is 3.82. The standard InChI is InChI=1S/C6H18N10/c7-2-1-3-13-16(9)14-6-12-4(8)11-5(10-2)15(3)6/h2-6,10-14H,1,7-9H2. The predicted molar refractivity (Wildman–Crippen MR) is 55.5 cm³/mol. The van der Waals surface area contributed by atoms with E-state index in [-0.39, 0.29) is 31.2 Å². The van der Waals surface area contributed by atoms with E-state index < -0.39 is 0 Å². The Hall–Kier alpha value is -0.400. The topological polar surface area (TPSA) is 145 Å². The molecule has 0 aliphatic carbocycles. The monoisotopic (exact) mass is 230 g/mol. The van der Waals surface area contributed by atoms with Gasteiger partial charge in [-0.3, -0.25) is 16.0 Å². The van der Waals surface area contributed by atoms with Crippen molar-refractivity contribution >= 4 is 0 Å². The minimum Gasteiger partial charge on any atom is -0.316 e. The van der Waals surface area contributed by atoms with Gasteiger partial charge in [0.25, 0.3) is 0 Å². The molecule has 0 spiro atoms. The smallest absolute Gasteiger partial charge is 0.135 e. The summed E-state index contributed by atoms with van der Waals surface area (Å²) in [6.45, 7) is 0. The molecule has 0 aromatic rings. The van der Waals surface area contributed by atoms with E-state index in [2.05, 4.69) is 31.7 Å². The van der Waals surface area contributed by atoms with Crippen molar-refractivity contribution in [2.45, 2.75) is 37.6 Å². The predicted octanol–water partition coefficient (Wildman–Crippen LogP) is -4.91. The van der Waals surface area contributed by atoms with Gasteiger partial charge in [0.2, 0.25) is 0 Å². The van der Waals surface area contributed by atoms with Crippen molar-refractivity contribution in [3.63, 3.8) is 0 Å². The maximum absolute atomic E-state index is 5.91. The van der Waals surface area contributed by atoms with Gasteiger partial charge in [0, 0.05) is 6.42 Å². The molecule has 3 rings (SSSR count). The van der Waals surface area contributed by atoms with E-state index in [1.54, 1.807) is 0 Å². The number of nitrogens with zero attached hydrogens (tertiary/aromatic N) is 2. The molecule has 3 aliphatic heterocycles. The zero-order valence-electron chi connectivity index (χ0n) is 8.72. The van der Waals surface area contributed by atoms with Crippen molar-refractivity contribution in [2.24, 2.45) is 17.3 Å². The van der Waals surface area contributed by atoms with Crippen molar-refractivity contribution in [1.82, 2.24) is 36.9 Å². The van der Waals surface area contributed by atoms with E-state index in [0.29, 0.717) is 0 Å². The van der Waals surface area contributed by atoms with Crippen molar-refractivity contribution < 1.29 is 0 Å². The van der Waals surface area contributed by atoms with Crippen molar-refractivity contribution in [1.29, 1.82) is 0 Å². The van der Waals surface area contributed by atoms with Crippen molar-refractivity contribution in [3.8, 4) is 0 Å². The number of nitrogens with two attached hydrogens (primary N) is 3. The molecule has 11 N–H and O–H groups in total. The number of nitrogens with one attached hydrogen (secondary N) is 5. The third kappa shape index (κ3) is 1.70. The lowest BCUT2D eigenvalue weighted by Gasteiger charge is -2.57. The van der Waals surface area contributed by atoms with E-state index in [1.165, 1.54) is 5.23 Å². The maximum Gasteiger partial charge on any atom is 0.135 e. The van der Waals surface area contributed by atoms with Crippen LogP contribution >= 0.6 is 0 Å². The molecule has 0 aromatic carbocycles. The summed E-state index contributed by atoms with van der Waals surface area (Å²) in [6.07, 6.45) is 0.194. The number of hydrogen-bond donors (Lipinski definition) is 8. The average Bonchev–Trinajstić information content (AvgIpc) is 2.14. The van der Waals surface area contributed by atoms with E-state index in [9.17, 15) is 0 Å². The first-order valence-corrected chi connectivity index (χ1v) is 5.27. The van der Waals surface area contributed by atoms with Gasteiger partial charge in [-0.15, -0.1) is 5.23 Å². The molecular weight excluding hydrogens is 212 g/mol. The molecule has 16 heavy (non-hydrogen) atoms. The summed E-state index contributed by atoms with van der Waals surface area (Å²) in [7, 11) is 0. The molecular formula is C6H18N10. The number of hydrazine groups is 3. The quantitative estimate of drug-likeness (QED) is 0.191. The lowest BCUT2D eigenvalue weighted by molar-refractivity contribution is -0.179. The second-order valence-electron chi connectivity index (χ2n) is 4.22. The maximum atomic E-state index is 5.91. The lowest BCUT2D eigenvalue weighted by Crippen LogP contribution is -2.89. The van der Waals surface area contributed by atoms with Crippen molar-refractivity contribution in [2.75, 3.05) is 0 Å². The summed E-state index contributed by atoms with van der Waals surface area (Å²) >= 11 is 0. The van der Waals surface area contributed by atoms with Crippen LogP contribution in [0, 0.1) is 0 Å². The van der Waals surface area contributed by atoms with Crippen LogP contribution in [-0.4, -0.2) is 41.3 Å². The van der Waals surface area contributed by atoms with Crippen LogP contribution in [0.25, 0.3) is 0 Å². The Morgan fingerprint density at radius 3 is 2.56 bits per heavy atom. The summed E-state index contributed by atoms with van der Waals surface area (Å²) in [5.74, 6) is 5.69. The van der Waals surface area contributed by atoms with Gasteiger partial charge in [-0.2, -0.15) is 5.43 Å². The highest BCUT2D eigenvalue weighted by Crippen LogP contribution is 2.18. The van der Waals surface area contributed by atoms with Gasteiger partial charge in [-0.05, 0) is 0 Å². The van der Waals surface area contributed by atoms with Gasteiger partial charge in [0.1, 0.15) is 18.9 Å². The summed E-state index contributed by atoms with van der Waals surface area (Å²) in [6, 6.07) is 0. The van der Waals surface area contributed by atoms with E-state index >= 15 is 0 Å². The summed E-state index contributed by atoms with van der Waals surface area (Å²) < 4.78 is 0. The number of hydrogen-bond acceptors (Lipinski definition) is 10. The van der Waals surface area contributed by atoms with Gasteiger partial charge < -0.3 is 11.5 Å². The van der Waals surface area contributed by atoms with Crippen LogP contribution < -0.4 is 44.1 Å². The largest absolute Gasteiger partial charge is 0.316 e. The van der Waals surface area contributed by atoms with Crippen LogP contribution in [0.2, 0.25) is 0 Å². The molecule has 5 atom stereocenters. The molecule has 0 radical (unpaired) electrons. The van der Waals surface area contributed by atoms with Crippen LogP contribution in [0.15, 0.2) is 0 Å². The highest BCUT2D eigenvalue weighted by molar-refractivity contribution is 4.92. The Morgan fingerprint density at radius 1 is 1.00 bits per heavy atom. The minimum absolute atomic E-state index is 0.0602. The fourth-order valence-corrected chi connectivity index (χ4v) is 2.39. The Bertz CT molecular complexity index is 211. The van der Waals surface area contributed by atoms with Crippen LogP contribution in [0.5, 0.6) is 0 Å². The zero-order chi connectivity index (χ0) is 11.3. The second-order valence-corrected chi connectivity index (χ2v) is 4.22. The molecule has 10 nitrogen and oxygen atoms in total. The molecule has 0 aromatic heterocycles. The van der Waals surface area contributed by atoms with E-state index in [4.69, 9.17) is 17.3 Å². The van der Waals surface area contributed by atoms with Crippen LogP contribution in [-0.2, 0) is 0 Å². The SMILES string of the molecule is NC1CC2NN(N)NC3NC(N)NC(N1)N23. The van der Waals surface area contributed by atoms with Crippen LogP contribution in [0.4, 0.5) is 0 Å². The molecule has 10 heteroatoms. The van der Waals surface area contributed by atoms with Crippen molar-refractivity contribution in [3.05, 3.63) is 0 Å². The third-order valence-corrected chi connectivity index (χ3v) is 3.03. The van der Waals surface area contributed by atoms with Crippen LogP contribution in [0.3, 0.4) is 0 Å². The lowest BCUT2D eigenvalue weighted by atomic mass is 10.2. The molecule has 3 fully saturated rings. The Morgan fingerprint density at radius 2 is 1.75 bits per heavy atom. The molecule has 0 saturated carbocycles.